The first kappa shape index (κ1) is 11.4. The fourth-order valence-corrected chi connectivity index (χ4v) is 2.56. The summed E-state index contributed by atoms with van der Waals surface area (Å²) in [5, 5.41) is 3.79. The van der Waals surface area contributed by atoms with Gasteiger partial charge in [-0.15, -0.1) is 0 Å². The van der Waals surface area contributed by atoms with E-state index in [-0.39, 0.29) is 0 Å². The normalized spacial score (nSPS) is 27.6. The van der Waals surface area contributed by atoms with Gasteiger partial charge in [-0.1, -0.05) is 13.8 Å². The van der Waals surface area contributed by atoms with E-state index in [1.165, 1.54) is 38.6 Å². The molecule has 0 aromatic carbocycles. The second-order valence-corrected chi connectivity index (χ2v) is 5.66. The van der Waals surface area contributed by atoms with E-state index in [1.54, 1.807) is 0 Å². The first-order chi connectivity index (χ1) is 7.23. The van der Waals surface area contributed by atoms with Crippen LogP contribution in [-0.2, 0) is 4.74 Å². The molecule has 1 saturated heterocycles. The Bertz CT molecular complexity index is 195. The van der Waals surface area contributed by atoms with Crippen LogP contribution < -0.4 is 5.32 Å². The molecule has 0 amide bonds. The first-order valence-corrected chi connectivity index (χ1v) is 6.55. The van der Waals surface area contributed by atoms with Crippen LogP contribution in [0.3, 0.4) is 0 Å². The van der Waals surface area contributed by atoms with Crippen molar-refractivity contribution in [3.63, 3.8) is 0 Å². The summed E-state index contributed by atoms with van der Waals surface area (Å²) in [5.41, 5.74) is 0.487. The largest absolute Gasteiger partial charge is 0.381 e. The number of rotatable bonds is 5. The van der Waals surface area contributed by atoms with Crippen molar-refractivity contribution in [1.82, 2.24) is 5.32 Å². The highest BCUT2D eigenvalue weighted by Gasteiger charge is 2.32. The first-order valence-electron chi connectivity index (χ1n) is 6.55. The average Bonchev–Trinajstić information content (AvgIpc) is 3.04. The standard InChI is InChI=1S/C13H25NO/c1-3-12(11-4-5-11)14-10-13(2)6-8-15-9-7-13/h11-12,14H,3-10H2,1-2H3. The van der Waals surface area contributed by atoms with Crippen LogP contribution in [0.15, 0.2) is 0 Å². The zero-order valence-corrected chi connectivity index (χ0v) is 10.2. The van der Waals surface area contributed by atoms with Crippen molar-refractivity contribution in [1.29, 1.82) is 0 Å². The van der Waals surface area contributed by atoms with Crippen molar-refractivity contribution in [2.24, 2.45) is 11.3 Å². The van der Waals surface area contributed by atoms with Gasteiger partial charge in [0, 0.05) is 25.8 Å². The zero-order valence-electron chi connectivity index (χ0n) is 10.2. The van der Waals surface area contributed by atoms with Gasteiger partial charge in [-0.05, 0) is 43.4 Å². The van der Waals surface area contributed by atoms with Gasteiger partial charge in [0.25, 0.3) is 0 Å². The number of nitrogens with one attached hydrogen (secondary N) is 1. The van der Waals surface area contributed by atoms with Gasteiger partial charge >= 0.3 is 0 Å². The molecule has 1 atom stereocenters. The predicted octanol–water partition coefficient (Wildman–Crippen LogP) is 2.58. The average molecular weight is 211 g/mol. The molecule has 0 aromatic rings. The lowest BCUT2D eigenvalue weighted by atomic mass is 9.82. The van der Waals surface area contributed by atoms with Gasteiger partial charge in [0.15, 0.2) is 0 Å². The van der Waals surface area contributed by atoms with E-state index in [9.17, 15) is 0 Å². The summed E-state index contributed by atoms with van der Waals surface area (Å²) in [4.78, 5) is 0. The molecule has 2 aliphatic rings. The molecule has 88 valence electrons. The van der Waals surface area contributed by atoms with Crippen molar-refractivity contribution in [2.45, 2.75) is 52.0 Å². The maximum absolute atomic E-state index is 5.43. The third kappa shape index (κ3) is 3.18. The van der Waals surface area contributed by atoms with Gasteiger partial charge in [0.2, 0.25) is 0 Å². The van der Waals surface area contributed by atoms with E-state index in [1.807, 2.05) is 0 Å². The van der Waals surface area contributed by atoms with Crippen molar-refractivity contribution in [2.75, 3.05) is 19.8 Å². The number of ether oxygens (including phenoxy) is 1. The molecular formula is C13H25NO. The van der Waals surface area contributed by atoms with Crippen molar-refractivity contribution in [3.8, 4) is 0 Å². The molecule has 0 spiro atoms. The van der Waals surface area contributed by atoms with Crippen LogP contribution in [0.25, 0.3) is 0 Å². The summed E-state index contributed by atoms with van der Waals surface area (Å²) in [6.45, 7) is 7.81. The smallest absolute Gasteiger partial charge is 0.0471 e. The van der Waals surface area contributed by atoms with E-state index in [4.69, 9.17) is 4.74 Å². The SMILES string of the molecule is CCC(NCC1(C)CCOCC1)C1CC1. The molecule has 2 heteroatoms. The Kier molecular flexibility index (Phi) is 3.68. The van der Waals surface area contributed by atoms with E-state index < -0.39 is 0 Å². The summed E-state index contributed by atoms with van der Waals surface area (Å²) >= 11 is 0. The van der Waals surface area contributed by atoms with Crippen LogP contribution in [0, 0.1) is 11.3 Å². The molecular weight excluding hydrogens is 186 g/mol. The summed E-state index contributed by atoms with van der Waals surface area (Å²) in [7, 11) is 0. The number of hydrogen-bond donors (Lipinski definition) is 1. The Morgan fingerprint density at radius 2 is 2.00 bits per heavy atom. The van der Waals surface area contributed by atoms with Gasteiger partial charge in [-0.3, -0.25) is 0 Å². The zero-order chi connectivity index (χ0) is 10.7. The molecule has 1 heterocycles. The summed E-state index contributed by atoms with van der Waals surface area (Å²) in [6.07, 6.45) is 6.64. The molecule has 1 unspecified atom stereocenters. The molecule has 15 heavy (non-hydrogen) atoms. The van der Waals surface area contributed by atoms with E-state index in [0.717, 1.165) is 25.2 Å². The lowest BCUT2D eigenvalue weighted by Crippen LogP contribution is -2.41. The minimum atomic E-state index is 0.487. The second kappa shape index (κ2) is 4.84. The van der Waals surface area contributed by atoms with Gasteiger partial charge < -0.3 is 10.1 Å². The van der Waals surface area contributed by atoms with Crippen LogP contribution in [0.5, 0.6) is 0 Å². The van der Waals surface area contributed by atoms with Crippen LogP contribution in [-0.4, -0.2) is 25.8 Å². The van der Waals surface area contributed by atoms with Crippen LogP contribution >= 0.6 is 0 Å². The minimum absolute atomic E-state index is 0.487. The van der Waals surface area contributed by atoms with Gasteiger partial charge in [-0.2, -0.15) is 0 Å². The second-order valence-electron chi connectivity index (χ2n) is 5.66. The Morgan fingerprint density at radius 3 is 2.53 bits per heavy atom. The molecule has 2 fully saturated rings. The maximum Gasteiger partial charge on any atom is 0.0471 e. The molecule has 1 N–H and O–H groups in total. The summed E-state index contributed by atoms with van der Waals surface area (Å²) in [5.74, 6) is 0.985. The molecule has 0 aromatic heterocycles. The molecule has 2 nitrogen and oxygen atoms in total. The Morgan fingerprint density at radius 1 is 1.33 bits per heavy atom. The highest BCUT2D eigenvalue weighted by atomic mass is 16.5. The van der Waals surface area contributed by atoms with Crippen LogP contribution in [0.1, 0.15) is 46.0 Å². The Balaban J connectivity index is 1.74. The van der Waals surface area contributed by atoms with Gasteiger partial charge in [-0.25, -0.2) is 0 Å². The lowest BCUT2D eigenvalue weighted by molar-refractivity contribution is 0.0225. The minimum Gasteiger partial charge on any atom is -0.381 e. The third-order valence-corrected chi connectivity index (χ3v) is 4.12. The molecule has 1 saturated carbocycles. The summed E-state index contributed by atoms with van der Waals surface area (Å²) < 4.78 is 5.43. The number of hydrogen-bond acceptors (Lipinski definition) is 2. The topological polar surface area (TPSA) is 21.3 Å². The van der Waals surface area contributed by atoms with Crippen molar-refractivity contribution >= 4 is 0 Å². The van der Waals surface area contributed by atoms with E-state index in [2.05, 4.69) is 19.2 Å². The quantitative estimate of drug-likeness (QED) is 0.754. The van der Waals surface area contributed by atoms with E-state index >= 15 is 0 Å². The Hall–Kier alpha value is -0.0800. The van der Waals surface area contributed by atoms with Crippen LogP contribution in [0.2, 0.25) is 0 Å². The maximum atomic E-state index is 5.43. The highest BCUT2D eigenvalue weighted by molar-refractivity contribution is 4.88. The fraction of sp³-hybridized carbons (Fsp3) is 1.00. The third-order valence-electron chi connectivity index (χ3n) is 4.12. The fourth-order valence-electron chi connectivity index (χ4n) is 2.56. The summed E-state index contributed by atoms with van der Waals surface area (Å²) in [6, 6.07) is 0.782. The molecule has 0 radical (unpaired) electrons. The lowest BCUT2D eigenvalue weighted by Gasteiger charge is -2.35. The van der Waals surface area contributed by atoms with Gasteiger partial charge in [0.1, 0.15) is 0 Å². The predicted molar refractivity (Wildman–Crippen MR) is 63.0 cm³/mol. The van der Waals surface area contributed by atoms with Crippen molar-refractivity contribution in [3.05, 3.63) is 0 Å². The van der Waals surface area contributed by atoms with E-state index in [0.29, 0.717) is 5.41 Å². The monoisotopic (exact) mass is 211 g/mol. The molecule has 2 rings (SSSR count). The highest BCUT2D eigenvalue weighted by Crippen LogP contribution is 2.35. The Labute approximate surface area is 93.8 Å². The van der Waals surface area contributed by atoms with Crippen LogP contribution in [0.4, 0.5) is 0 Å². The molecule has 0 bridgehead atoms. The molecule has 1 aliphatic heterocycles. The van der Waals surface area contributed by atoms with Gasteiger partial charge in [0.05, 0.1) is 0 Å². The molecule has 1 aliphatic carbocycles. The van der Waals surface area contributed by atoms with Crippen molar-refractivity contribution < 1.29 is 4.74 Å².